The number of aryl methyl sites for hydroxylation is 1. The summed E-state index contributed by atoms with van der Waals surface area (Å²) < 4.78 is 6.04. The number of ether oxygens (including phenoxy) is 1. The number of fused-ring (bicyclic) bond motifs is 1. The van der Waals surface area contributed by atoms with Gasteiger partial charge in [0.15, 0.2) is 6.10 Å². The second-order valence-corrected chi connectivity index (χ2v) is 8.99. The molecule has 2 amide bonds. The number of nitrogens with one attached hydrogen (secondary N) is 1. The average Bonchev–Trinajstić information content (AvgIpc) is 2.88. The van der Waals surface area contributed by atoms with Crippen LogP contribution in [0.25, 0.3) is 0 Å². The van der Waals surface area contributed by atoms with Crippen molar-refractivity contribution in [2.45, 2.75) is 52.2 Å². The van der Waals surface area contributed by atoms with E-state index in [0.29, 0.717) is 31.7 Å². The number of rotatable bonds is 8. The van der Waals surface area contributed by atoms with Crippen molar-refractivity contribution in [3.63, 3.8) is 0 Å². The van der Waals surface area contributed by atoms with Gasteiger partial charge in [0.1, 0.15) is 5.75 Å². The van der Waals surface area contributed by atoms with Crippen LogP contribution in [0, 0.1) is 6.92 Å². The minimum Gasteiger partial charge on any atom is -0.481 e. The summed E-state index contributed by atoms with van der Waals surface area (Å²) in [6.07, 6.45) is 3.03. The quantitative estimate of drug-likeness (QED) is 0.529. The normalized spacial score (nSPS) is 15.7. The highest BCUT2D eigenvalue weighted by Crippen LogP contribution is 2.37. The number of hydrogen-bond donors (Lipinski definition) is 1. The first-order chi connectivity index (χ1) is 17.0. The minimum atomic E-state index is -0.647. The van der Waals surface area contributed by atoms with E-state index in [1.807, 2.05) is 42.2 Å². The number of pyridine rings is 1. The van der Waals surface area contributed by atoms with Gasteiger partial charge >= 0.3 is 0 Å². The van der Waals surface area contributed by atoms with E-state index in [1.165, 1.54) is 11.1 Å². The van der Waals surface area contributed by atoms with Crippen molar-refractivity contribution in [3.8, 4) is 5.75 Å². The second-order valence-electron chi connectivity index (χ2n) is 8.99. The zero-order valence-corrected chi connectivity index (χ0v) is 20.7. The van der Waals surface area contributed by atoms with Crippen LogP contribution in [-0.2, 0) is 22.4 Å². The summed E-state index contributed by atoms with van der Waals surface area (Å²) in [6, 6.07) is 19.9. The Morgan fingerprint density at radius 2 is 1.94 bits per heavy atom. The van der Waals surface area contributed by atoms with Crippen LogP contribution >= 0.6 is 0 Å². The third-order valence-corrected chi connectivity index (χ3v) is 6.45. The molecule has 35 heavy (non-hydrogen) atoms. The largest absolute Gasteiger partial charge is 0.481 e. The molecule has 1 aromatic heterocycles. The van der Waals surface area contributed by atoms with Gasteiger partial charge in [0.2, 0.25) is 5.91 Å². The maximum absolute atomic E-state index is 12.8. The van der Waals surface area contributed by atoms with E-state index >= 15 is 0 Å². The molecular weight excluding hydrogens is 438 g/mol. The predicted molar refractivity (Wildman–Crippen MR) is 136 cm³/mol. The van der Waals surface area contributed by atoms with E-state index in [2.05, 4.69) is 47.6 Å². The van der Waals surface area contributed by atoms with Crippen LogP contribution in [0.4, 0.5) is 0 Å². The molecule has 0 radical (unpaired) electrons. The molecule has 182 valence electrons. The highest BCUT2D eigenvalue weighted by Gasteiger charge is 2.32. The number of amides is 2. The molecule has 0 fully saturated rings. The van der Waals surface area contributed by atoms with Gasteiger partial charge < -0.3 is 15.0 Å². The molecule has 0 unspecified atom stereocenters. The van der Waals surface area contributed by atoms with E-state index in [4.69, 9.17) is 4.74 Å². The SMILES string of the molecule is CCC(=O)N1CCc2ccc(O[C@H](C)C(=O)NCCc3ccccn3)cc2[C@@H]1c1ccc(C)cc1. The maximum atomic E-state index is 12.8. The van der Waals surface area contributed by atoms with E-state index in [1.54, 1.807) is 13.1 Å². The van der Waals surface area contributed by atoms with Crippen LogP contribution in [0.2, 0.25) is 0 Å². The van der Waals surface area contributed by atoms with Crippen LogP contribution in [0.1, 0.15) is 54.3 Å². The molecule has 0 saturated heterocycles. The van der Waals surface area contributed by atoms with Crippen molar-refractivity contribution in [2.24, 2.45) is 0 Å². The molecule has 2 aromatic carbocycles. The molecule has 2 heterocycles. The Kier molecular flexibility index (Phi) is 7.80. The number of nitrogens with zero attached hydrogens (tertiary/aromatic N) is 2. The van der Waals surface area contributed by atoms with Crippen molar-refractivity contribution < 1.29 is 14.3 Å². The number of aromatic nitrogens is 1. The fraction of sp³-hybridized carbons (Fsp3) is 0.345. The predicted octanol–water partition coefficient (Wildman–Crippen LogP) is 4.40. The Balaban J connectivity index is 1.50. The van der Waals surface area contributed by atoms with Gasteiger partial charge in [-0.1, -0.05) is 48.9 Å². The molecule has 6 heteroatoms. The fourth-order valence-electron chi connectivity index (χ4n) is 4.51. The lowest BCUT2D eigenvalue weighted by molar-refractivity contribution is -0.133. The molecule has 3 aromatic rings. The molecule has 0 saturated carbocycles. The summed E-state index contributed by atoms with van der Waals surface area (Å²) in [6.45, 7) is 6.89. The highest BCUT2D eigenvalue weighted by atomic mass is 16.5. The Morgan fingerprint density at radius 3 is 2.66 bits per heavy atom. The molecule has 0 bridgehead atoms. The lowest BCUT2D eigenvalue weighted by atomic mass is 9.87. The van der Waals surface area contributed by atoms with Gasteiger partial charge in [-0.05, 0) is 61.2 Å². The summed E-state index contributed by atoms with van der Waals surface area (Å²) in [5, 5.41) is 2.93. The first-order valence-electron chi connectivity index (χ1n) is 12.3. The monoisotopic (exact) mass is 471 g/mol. The van der Waals surface area contributed by atoms with Crippen molar-refractivity contribution in [1.82, 2.24) is 15.2 Å². The smallest absolute Gasteiger partial charge is 0.260 e. The molecule has 6 nitrogen and oxygen atoms in total. The topological polar surface area (TPSA) is 71.5 Å². The Morgan fingerprint density at radius 1 is 1.14 bits per heavy atom. The molecular formula is C29H33N3O3. The van der Waals surface area contributed by atoms with Crippen LogP contribution in [0.5, 0.6) is 5.75 Å². The second kappa shape index (κ2) is 11.2. The summed E-state index contributed by atoms with van der Waals surface area (Å²) in [5.41, 5.74) is 5.45. The fourth-order valence-corrected chi connectivity index (χ4v) is 4.51. The Hall–Kier alpha value is -3.67. The Bertz CT molecular complexity index is 1160. The number of carbonyl (C=O) groups excluding carboxylic acids is 2. The van der Waals surface area contributed by atoms with Crippen LogP contribution in [0.3, 0.4) is 0 Å². The van der Waals surface area contributed by atoms with Gasteiger partial charge in [-0.15, -0.1) is 0 Å². The molecule has 2 atom stereocenters. The zero-order valence-electron chi connectivity index (χ0n) is 20.7. The standard InChI is InChI=1S/C29H33N3O3/c1-4-27(33)32-18-15-22-12-13-25(19-26(22)28(32)23-10-8-20(2)9-11-23)35-21(3)29(34)31-17-14-24-7-5-6-16-30-24/h5-13,16,19,21,28H,4,14-15,17-18H2,1-3H3,(H,31,34)/t21-,28+/m1/s1. The highest BCUT2D eigenvalue weighted by molar-refractivity contribution is 5.80. The summed E-state index contributed by atoms with van der Waals surface area (Å²) in [4.78, 5) is 31.7. The first kappa shape index (κ1) is 24.5. The van der Waals surface area contributed by atoms with Gasteiger partial charge in [-0.2, -0.15) is 0 Å². The van der Waals surface area contributed by atoms with Crippen LogP contribution in [-0.4, -0.2) is 40.9 Å². The van der Waals surface area contributed by atoms with Crippen molar-refractivity contribution in [1.29, 1.82) is 0 Å². The van der Waals surface area contributed by atoms with Gasteiger partial charge in [0, 0.05) is 37.8 Å². The zero-order chi connectivity index (χ0) is 24.8. The number of hydrogen-bond acceptors (Lipinski definition) is 4. The lowest BCUT2D eigenvalue weighted by Gasteiger charge is -2.38. The summed E-state index contributed by atoms with van der Waals surface area (Å²) in [7, 11) is 0. The van der Waals surface area contributed by atoms with Gasteiger partial charge in [0.05, 0.1) is 6.04 Å². The first-order valence-corrected chi connectivity index (χ1v) is 12.3. The lowest BCUT2D eigenvalue weighted by Crippen LogP contribution is -2.40. The summed E-state index contributed by atoms with van der Waals surface area (Å²) in [5.74, 6) is 0.587. The average molecular weight is 472 g/mol. The third-order valence-electron chi connectivity index (χ3n) is 6.45. The van der Waals surface area contributed by atoms with E-state index < -0.39 is 6.10 Å². The molecule has 0 aliphatic carbocycles. The Labute approximate surface area is 207 Å². The minimum absolute atomic E-state index is 0.133. The van der Waals surface area contributed by atoms with E-state index in [0.717, 1.165) is 23.2 Å². The van der Waals surface area contributed by atoms with Gasteiger partial charge in [0.25, 0.3) is 5.91 Å². The van der Waals surface area contributed by atoms with Crippen LogP contribution in [0.15, 0.2) is 66.9 Å². The molecule has 0 spiro atoms. The van der Waals surface area contributed by atoms with Gasteiger partial charge in [-0.25, -0.2) is 0 Å². The third kappa shape index (κ3) is 5.88. The maximum Gasteiger partial charge on any atom is 0.260 e. The van der Waals surface area contributed by atoms with Gasteiger partial charge in [-0.3, -0.25) is 14.6 Å². The van der Waals surface area contributed by atoms with Crippen molar-refractivity contribution >= 4 is 11.8 Å². The van der Waals surface area contributed by atoms with Crippen LogP contribution < -0.4 is 10.1 Å². The number of benzene rings is 2. The van der Waals surface area contributed by atoms with Crippen molar-refractivity contribution in [2.75, 3.05) is 13.1 Å². The molecule has 1 N–H and O–H groups in total. The summed E-state index contributed by atoms with van der Waals surface area (Å²) >= 11 is 0. The molecule has 4 rings (SSSR count). The molecule has 1 aliphatic heterocycles. The van der Waals surface area contributed by atoms with E-state index in [9.17, 15) is 9.59 Å². The van der Waals surface area contributed by atoms with E-state index in [-0.39, 0.29) is 17.9 Å². The number of carbonyl (C=O) groups is 2. The van der Waals surface area contributed by atoms with Crippen molar-refractivity contribution in [3.05, 3.63) is 94.8 Å². The molecule has 1 aliphatic rings.